The summed E-state index contributed by atoms with van der Waals surface area (Å²) in [4.78, 5) is 11.9. The minimum Gasteiger partial charge on any atom is -0.493 e. The highest BCUT2D eigenvalue weighted by molar-refractivity contribution is 7.99. The summed E-state index contributed by atoms with van der Waals surface area (Å²) in [5, 5.41) is 3.60. The predicted molar refractivity (Wildman–Crippen MR) is 104 cm³/mol. The van der Waals surface area contributed by atoms with Crippen molar-refractivity contribution in [3.8, 4) is 5.75 Å². The van der Waals surface area contributed by atoms with Crippen LogP contribution in [-0.4, -0.2) is 24.0 Å². The van der Waals surface area contributed by atoms with Crippen molar-refractivity contribution in [1.82, 2.24) is 0 Å². The van der Waals surface area contributed by atoms with Gasteiger partial charge in [-0.3, -0.25) is 4.79 Å². The van der Waals surface area contributed by atoms with Gasteiger partial charge in [0.2, 0.25) is 5.91 Å². The fourth-order valence-electron chi connectivity index (χ4n) is 2.19. The van der Waals surface area contributed by atoms with E-state index < -0.39 is 0 Å². The SMILES string of the molecule is Cc1cc(C)cc(OCCSCC(=O)Nc2c(Cl)cccc2Cl)c1. The highest BCUT2D eigenvalue weighted by atomic mass is 35.5. The maximum atomic E-state index is 11.9. The second-order valence-electron chi connectivity index (χ2n) is 5.37. The maximum Gasteiger partial charge on any atom is 0.234 e. The van der Waals surface area contributed by atoms with E-state index in [0.29, 0.717) is 28.1 Å². The number of carbonyl (C=O) groups excluding carboxylic acids is 1. The van der Waals surface area contributed by atoms with Gasteiger partial charge in [-0.1, -0.05) is 35.3 Å². The van der Waals surface area contributed by atoms with Crippen molar-refractivity contribution in [3.63, 3.8) is 0 Å². The van der Waals surface area contributed by atoms with Gasteiger partial charge in [0.25, 0.3) is 0 Å². The molecule has 24 heavy (non-hydrogen) atoms. The van der Waals surface area contributed by atoms with E-state index in [1.807, 2.05) is 26.0 Å². The molecule has 128 valence electrons. The van der Waals surface area contributed by atoms with Crippen LogP contribution in [-0.2, 0) is 4.79 Å². The number of rotatable bonds is 7. The van der Waals surface area contributed by atoms with Crippen LogP contribution in [0.15, 0.2) is 36.4 Å². The molecule has 0 aliphatic heterocycles. The van der Waals surface area contributed by atoms with Crippen LogP contribution in [0, 0.1) is 13.8 Å². The third-order valence-corrected chi connectivity index (χ3v) is 4.70. The molecule has 0 atom stereocenters. The number of aryl methyl sites for hydroxylation is 2. The first-order valence-electron chi connectivity index (χ1n) is 7.48. The number of carbonyl (C=O) groups is 1. The van der Waals surface area contributed by atoms with Gasteiger partial charge in [0.05, 0.1) is 28.1 Å². The number of hydrogen-bond donors (Lipinski definition) is 1. The van der Waals surface area contributed by atoms with Crippen LogP contribution >= 0.6 is 35.0 Å². The largest absolute Gasteiger partial charge is 0.493 e. The molecule has 0 aliphatic rings. The molecular weight excluding hydrogens is 365 g/mol. The van der Waals surface area contributed by atoms with E-state index in [4.69, 9.17) is 27.9 Å². The Kier molecular flexibility index (Phi) is 7.28. The lowest BCUT2D eigenvalue weighted by molar-refractivity contribution is -0.113. The molecule has 0 saturated heterocycles. The van der Waals surface area contributed by atoms with E-state index in [1.165, 1.54) is 22.9 Å². The molecule has 2 aromatic carbocycles. The summed E-state index contributed by atoms with van der Waals surface area (Å²) in [6, 6.07) is 11.2. The zero-order chi connectivity index (χ0) is 17.5. The summed E-state index contributed by atoms with van der Waals surface area (Å²) in [5.41, 5.74) is 2.81. The van der Waals surface area contributed by atoms with Gasteiger partial charge in [-0.25, -0.2) is 0 Å². The summed E-state index contributed by atoms with van der Waals surface area (Å²) < 4.78 is 5.71. The Hall–Kier alpha value is -1.36. The molecule has 6 heteroatoms. The third kappa shape index (κ3) is 5.93. The zero-order valence-electron chi connectivity index (χ0n) is 13.6. The van der Waals surface area contributed by atoms with Gasteiger partial charge in [0, 0.05) is 5.75 Å². The van der Waals surface area contributed by atoms with Crippen molar-refractivity contribution in [2.45, 2.75) is 13.8 Å². The van der Waals surface area contributed by atoms with E-state index in [0.717, 1.165) is 11.5 Å². The molecule has 0 aromatic heterocycles. The van der Waals surface area contributed by atoms with E-state index in [2.05, 4.69) is 11.4 Å². The first kappa shape index (κ1) is 19.0. The molecule has 0 saturated carbocycles. The van der Waals surface area contributed by atoms with Crippen LogP contribution in [0.4, 0.5) is 5.69 Å². The lowest BCUT2D eigenvalue weighted by atomic mass is 10.1. The topological polar surface area (TPSA) is 38.3 Å². The summed E-state index contributed by atoms with van der Waals surface area (Å²) in [7, 11) is 0. The van der Waals surface area contributed by atoms with Crippen LogP contribution in [0.1, 0.15) is 11.1 Å². The normalized spacial score (nSPS) is 10.5. The number of thioether (sulfide) groups is 1. The fraction of sp³-hybridized carbons (Fsp3) is 0.278. The second-order valence-corrected chi connectivity index (χ2v) is 7.29. The van der Waals surface area contributed by atoms with Gasteiger partial charge in [0.15, 0.2) is 0 Å². The quantitative estimate of drug-likeness (QED) is 0.653. The predicted octanol–water partition coefficient (Wildman–Crippen LogP) is 5.36. The Morgan fingerprint density at radius 1 is 1.12 bits per heavy atom. The lowest BCUT2D eigenvalue weighted by Gasteiger charge is -2.10. The van der Waals surface area contributed by atoms with Crippen LogP contribution in [0.5, 0.6) is 5.75 Å². The number of anilines is 1. The molecule has 0 heterocycles. The van der Waals surface area contributed by atoms with Gasteiger partial charge in [-0.15, -0.1) is 11.8 Å². The van der Waals surface area contributed by atoms with E-state index in [1.54, 1.807) is 18.2 Å². The summed E-state index contributed by atoms with van der Waals surface area (Å²) in [6.45, 7) is 4.63. The Bertz CT molecular complexity index is 682. The molecule has 1 amide bonds. The van der Waals surface area contributed by atoms with Gasteiger partial charge < -0.3 is 10.1 Å². The highest BCUT2D eigenvalue weighted by Crippen LogP contribution is 2.29. The highest BCUT2D eigenvalue weighted by Gasteiger charge is 2.09. The number of benzene rings is 2. The molecule has 0 fully saturated rings. The van der Waals surface area contributed by atoms with Crippen molar-refractivity contribution in [1.29, 1.82) is 0 Å². The van der Waals surface area contributed by atoms with E-state index in [9.17, 15) is 4.79 Å². The maximum absolute atomic E-state index is 11.9. The standard InChI is InChI=1S/C18H19Cl2NO2S/c1-12-8-13(2)10-14(9-12)23-6-7-24-11-17(22)21-18-15(19)4-3-5-16(18)20/h3-5,8-10H,6-7,11H2,1-2H3,(H,21,22). The molecule has 1 N–H and O–H groups in total. The molecule has 0 spiro atoms. The van der Waals surface area contributed by atoms with Gasteiger partial charge >= 0.3 is 0 Å². The van der Waals surface area contributed by atoms with Gasteiger partial charge in [-0.05, 0) is 49.2 Å². The second kappa shape index (κ2) is 9.21. The molecule has 0 bridgehead atoms. The Morgan fingerprint density at radius 3 is 2.38 bits per heavy atom. The van der Waals surface area contributed by atoms with Gasteiger partial charge in [0.1, 0.15) is 5.75 Å². The molecule has 2 rings (SSSR count). The summed E-state index contributed by atoms with van der Waals surface area (Å²) in [6.07, 6.45) is 0. The molecule has 0 unspecified atom stereocenters. The van der Waals surface area contributed by atoms with Crippen molar-refractivity contribution in [3.05, 3.63) is 57.6 Å². The monoisotopic (exact) mass is 383 g/mol. The molecular formula is C18H19Cl2NO2S. The molecule has 0 aliphatic carbocycles. The first-order valence-corrected chi connectivity index (χ1v) is 9.39. The van der Waals surface area contributed by atoms with Crippen molar-refractivity contribution in [2.24, 2.45) is 0 Å². The zero-order valence-corrected chi connectivity index (χ0v) is 15.9. The molecule has 0 radical (unpaired) electrons. The third-order valence-electron chi connectivity index (χ3n) is 3.15. The van der Waals surface area contributed by atoms with Crippen molar-refractivity contribution in [2.75, 3.05) is 23.4 Å². The minimum absolute atomic E-state index is 0.138. The Morgan fingerprint density at radius 2 is 1.75 bits per heavy atom. The van der Waals surface area contributed by atoms with Crippen molar-refractivity contribution < 1.29 is 9.53 Å². The average molecular weight is 384 g/mol. The lowest BCUT2D eigenvalue weighted by Crippen LogP contribution is -2.15. The van der Waals surface area contributed by atoms with Crippen LogP contribution in [0.2, 0.25) is 10.0 Å². The number of ether oxygens (including phenoxy) is 1. The molecule has 3 nitrogen and oxygen atoms in total. The number of para-hydroxylation sites is 1. The number of nitrogens with one attached hydrogen (secondary N) is 1. The fourth-order valence-corrected chi connectivity index (χ4v) is 3.29. The first-order chi connectivity index (χ1) is 11.5. The van der Waals surface area contributed by atoms with Crippen LogP contribution in [0.25, 0.3) is 0 Å². The molecule has 2 aromatic rings. The van der Waals surface area contributed by atoms with E-state index >= 15 is 0 Å². The van der Waals surface area contributed by atoms with Gasteiger partial charge in [-0.2, -0.15) is 0 Å². The summed E-state index contributed by atoms with van der Waals surface area (Å²) in [5.74, 6) is 1.76. The average Bonchev–Trinajstić information content (AvgIpc) is 2.50. The summed E-state index contributed by atoms with van der Waals surface area (Å²) >= 11 is 13.5. The Labute approximate surface area is 156 Å². The number of hydrogen-bond acceptors (Lipinski definition) is 3. The van der Waals surface area contributed by atoms with E-state index in [-0.39, 0.29) is 5.91 Å². The minimum atomic E-state index is -0.138. The van der Waals surface area contributed by atoms with Crippen LogP contribution in [0.3, 0.4) is 0 Å². The Balaban J connectivity index is 1.71. The smallest absolute Gasteiger partial charge is 0.234 e. The number of halogens is 2. The van der Waals surface area contributed by atoms with Crippen molar-refractivity contribution >= 4 is 46.6 Å². The number of amides is 1. The van der Waals surface area contributed by atoms with Crippen LogP contribution < -0.4 is 10.1 Å².